The second kappa shape index (κ2) is 5.76. The van der Waals surface area contributed by atoms with E-state index in [1.807, 2.05) is 0 Å². The van der Waals surface area contributed by atoms with Crippen molar-refractivity contribution in [3.8, 4) is 0 Å². The van der Waals surface area contributed by atoms with Crippen LogP contribution in [0.3, 0.4) is 0 Å². The Kier molecular flexibility index (Phi) is 3.82. The van der Waals surface area contributed by atoms with Crippen molar-refractivity contribution in [1.29, 1.82) is 0 Å². The molecule has 112 valence electrons. The maximum atomic E-state index is 11.0. The molecule has 1 unspecified atom stereocenters. The van der Waals surface area contributed by atoms with E-state index in [2.05, 4.69) is 16.8 Å². The summed E-state index contributed by atoms with van der Waals surface area (Å²) in [6, 6.07) is 5.43. The van der Waals surface area contributed by atoms with E-state index in [0.29, 0.717) is 17.1 Å². The predicted molar refractivity (Wildman–Crippen MR) is 80.8 cm³/mol. The zero-order valence-corrected chi connectivity index (χ0v) is 12.2. The van der Waals surface area contributed by atoms with Crippen LogP contribution in [0.1, 0.15) is 43.0 Å². The third-order valence-electron chi connectivity index (χ3n) is 4.32. The minimum atomic E-state index is -0.949. The summed E-state index contributed by atoms with van der Waals surface area (Å²) >= 11 is 0. The molecule has 1 aromatic heterocycles. The van der Waals surface area contributed by atoms with Crippen LogP contribution in [0.5, 0.6) is 0 Å². The molecule has 0 bridgehead atoms. The van der Waals surface area contributed by atoms with E-state index < -0.39 is 5.97 Å². The van der Waals surface area contributed by atoms with E-state index in [9.17, 15) is 4.79 Å². The topological polar surface area (TPSA) is 66.6 Å². The maximum absolute atomic E-state index is 11.0. The van der Waals surface area contributed by atoms with Crippen LogP contribution in [0.15, 0.2) is 22.6 Å². The maximum Gasteiger partial charge on any atom is 0.335 e. The Labute approximate surface area is 123 Å². The number of nitrogens with zero attached hydrogens (tertiary/aromatic N) is 2. The third kappa shape index (κ3) is 2.86. The first kappa shape index (κ1) is 13.9. The molecule has 0 amide bonds. The summed E-state index contributed by atoms with van der Waals surface area (Å²) in [5.41, 5.74) is 1.49. The van der Waals surface area contributed by atoms with Crippen LogP contribution in [0.25, 0.3) is 11.1 Å². The molecule has 1 N–H and O–H groups in total. The molecule has 1 fully saturated rings. The molecule has 21 heavy (non-hydrogen) atoms. The van der Waals surface area contributed by atoms with Gasteiger partial charge >= 0.3 is 5.97 Å². The lowest BCUT2D eigenvalue weighted by atomic mass is 9.98. The van der Waals surface area contributed by atoms with Gasteiger partial charge in [0.1, 0.15) is 5.52 Å². The molecule has 1 atom stereocenters. The fourth-order valence-corrected chi connectivity index (χ4v) is 2.95. The Morgan fingerprint density at radius 1 is 1.43 bits per heavy atom. The van der Waals surface area contributed by atoms with Crippen molar-refractivity contribution in [2.75, 3.05) is 18.0 Å². The fourth-order valence-electron chi connectivity index (χ4n) is 2.95. The van der Waals surface area contributed by atoms with Crippen molar-refractivity contribution in [2.45, 2.75) is 32.6 Å². The van der Waals surface area contributed by atoms with Gasteiger partial charge in [-0.05, 0) is 43.4 Å². The first-order chi connectivity index (χ1) is 10.2. The van der Waals surface area contributed by atoms with E-state index in [4.69, 9.17) is 9.52 Å². The number of rotatable bonds is 3. The number of fused-ring (bicyclic) bond motifs is 1. The summed E-state index contributed by atoms with van der Waals surface area (Å²) in [5, 5.41) is 9.02. The summed E-state index contributed by atoms with van der Waals surface area (Å²) in [4.78, 5) is 17.7. The number of carboxylic acids is 1. The molecule has 5 nitrogen and oxygen atoms in total. The Bertz CT molecular complexity index is 650. The van der Waals surface area contributed by atoms with Gasteiger partial charge in [0.15, 0.2) is 5.58 Å². The normalized spacial score (nSPS) is 19.7. The van der Waals surface area contributed by atoms with Crippen molar-refractivity contribution >= 4 is 23.1 Å². The minimum absolute atomic E-state index is 0.229. The van der Waals surface area contributed by atoms with E-state index in [0.717, 1.165) is 31.8 Å². The highest BCUT2D eigenvalue weighted by molar-refractivity contribution is 5.92. The highest BCUT2D eigenvalue weighted by atomic mass is 16.4. The molecule has 3 rings (SSSR count). The van der Waals surface area contributed by atoms with Crippen LogP contribution in [0.4, 0.5) is 6.01 Å². The van der Waals surface area contributed by atoms with Gasteiger partial charge in [0.2, 0.25) is 0 Å². The number of oxazole rings is 1. The van der Waals surface area contributed by atoms with Gasteiger partial charge < -0.3 is 14.4 Å². The Morgan fingerprint density at radius 3 is 3.05 bits per heavy atom. The molecule has 5 heteroatoms. The smallest absolute Gasteiger partial charge is 0.335 e. The lowest BCUT2D eigenvalue weighted by Gasteiger charge is -2.17. The lowest BCUT2D eigenvalue weighted by Crippen LogP contribution is -2.24. The molecule has 1 aliphatic rings. The number of hydrogen-bond donors (Lipinski definition) is 1. The zero-order valence-electron chi connectivity index (χ0n) is 12.2. The van der Waals surface area contributed by atoms with E-state index >= 15 is 0 Å². The second-order valence-corrected chi connectivity index (χ2v) is 5.68. The standard InChI is InChI=1S/C16H20N2O3/c1-2-11-4-3-8-18(9-7-11)16-17-13-6-5-12(15(19)20)10-14(13)21-16/h5-6,10-11H,2-4,7-9H2,1H3,(H,19,20). The number of carbonyl (C=O) groups is 1. The molecule has 1 aromatic carbocycles. The largest absolute Gasteiger partial charge is 0.478 e. The van der Waals surface area contributed by atoms with Crippen LogP contribution < -0.4 is 4.90 Å². The third-order valence-corrected chi connectivity index (χ3v) is 4.32. The minimum Gasteiger partial charge on any atom is -0.478 e. The number of benzene rings is 1. The Morgan fingerprint density at radius 2 is 2.29 bits per heavy atom. The van der Waals surface area contributed by atoms with E-state index in [1.54, 1.807) is 18.2 Å². The molecule has 0 saturated carbocycles. The van der Waals surface area contributed by atoms with E-state index in [1.165, 1.54) is 12.8 Å². The molecule has 0 radical (unpaired) electrons. The van der Waals surface area contributed by atoms with Gasteiger partial charge in [-0.25, -0.2) is 4.79 Å². The first-order valence-corrected chi connectivity index (χ1v) is 7.56. The molecular weight excluding hydrogens is 268 g/mol. The highest BCUT2D eigenvalue weighted by Gasteiger charge is 2.20. The van der Waals surface area contributed by atoms with Crippen molar-refractivity contribution in [2.24, 2.45) is 5.92 Å². The van der Waals surface area contributed by atoms with Crippen LogP contribution in [-0.4, -0.2) is 29.1 Å². The summed E-state index contributed by atoms with van der Waals surface area (Å²) < 4.78 is 5.77. The fraction of sp³-hybridized carbons (Fsp3) is 0.500. The van der Waals surface area contributed by atoms with Crippen LogP contribution in [0.2, 0.25) is 0 Å². The molecule has 2 heterocycles. The van der Waals surface area contributed by atoms with Gasteiger partial charge in [0.25, 0.3) is 6.01 Å². The van der Waals surface area contributed by atoms with Crippen LogP contribution >= 0.6 is 0 Å². The van der Waals surface area contributed by atoms with Crippen molar-refractivity contribution in [3.05, 3.63) is 23.8 Å². The Hall–Kier alpha value is -2.04. The summed E-state index contributed by atoms with van der Waals surface area (Å²) in [6.45, 7) is 4.15. The van der Waals surface area contributed by atoms with Crippen molar-refractivity contribution in [1.82, 2.24) is 4.98 Å². The molecule has 1 saturated heterocycles. The van der Waals surface area contributed by atoms with Crippen LogP contribution in [0, 0.1) is 5.92 Å². The van der Waals surface area contributed by atoms with Gasteiger partial charge in [0.05, 0.1) is 5.56 Å². The average Bonchev–Trinajstić information content (AvgIpc) is 2.75. The number of aromatic nitrogens is 1. The predicted octanol–water partition coefficient (Wildman–Crippen LogP) is 3.54. The monoisotopic (exact) mass is 288 g/mol. The van der Waals surface area contributed by atoms with Gasteiger partial charge in [-0.15, -0.1) is 0 Å². The lowest BCUT2D eigenvalue weighted by molar-refractivity contribution is 0.0697. The number of anilines is 1. The molecular formula is C16H20N2O3. The van der Waals surface area contributed by atoms with E-state index in [-0.39, 0.29) is 5.56 Å². The Balaban J connectivity index is 1.85. The first-order valence-electron chi connectivity index (χ1n) is 7.56. The van der Waals surface area contributed by atoms with Gasteiger partial charge in [-0.2, -0.15) is 4.98 Å². The summed E-state index contributed by atoms with van der Waals surface area (Å²) in [6.07, 6.45) is 4.80. The SMILES string of the molecule is CCC1CCCN(c2nc3ccc(C(=O)O)cc3o2)CC1. The highest BCUT2D eigenvalue weighted by Crippen LogP contribution is 2.27. The second-order valence-electron chi connectivity index (χ2n) is 5.68. The van der Waals surface area contributed by atoms with Crippen molar-refractivity contribution < 1.29 is 14.3 Å². The number of carboxylic acid groups (broad SMARTS) is 1. The molecule has 0 aliphatic carbocycles. The van der Waals surface area contributed by atoms with Gasteiger partial charge in [-0.3, -0.25) is 0 Å². The molecule has 0 spiro atoms. The summed E-state index contributed by atoms with van der Waals surface area (Å²) in [7, 11) is 0. The molecule has 2 aromatic rings. The summed E-state index contributed by atoms with van der Waals surface area (Å²) in [5.74, 6) is -0.159. The molecule has 1 aliphatic heterocycles. The van der Waals surface area contributed by atoms with Gasteiger partial charge in [0, 0.05) is 13.1 Å². The quantitative estimate of drug-likeness (QED) is 0.935. The zero-order chi connectivity index (χ0) is 14.8. The van der Waals surface area contributed by atoms with Crippen molar-refractivity contribution in [3.63, 3.8) is 0 Å². The van der Waals surface area contributed by atoms with Gasteiger partial charge in [-0.1, -0.05) is 13.3 Å². The average molecular weight is 288 g/mol. The number of aromatic carboxylic acids is 1. The van der Waals surface area contributed by atoms with Crippen LogP contribution in [-0.2, 0) is 0 Å². The number of hydrogen-bond acceptors (Lipinski definition) is 4.